The molecule has 1 aromatic rings. The van der Waals surface area contributed by atoms with Gasteiger partial charge < -0.3 is 0 Å². The van der Waals surface area contributed by atoms with Crippen LogP contribution in [0.15, 0.2) is 18.2 Å². The van der Waals surface area contributed by atoms with Gasteiger partial charge in [-0.2, -0.15) is 4.31 Å². The van der Waals surface area contributed by atoms with Crippen LogP contribution in [0.4, 0.5) is 0 Å². The zero-order valence-corrected chi connectivity index (χ0v) is 11.5. The van der Waals surface area contributed by atoms with E-state index in [1.165, 1.54) is 7.05 Å². The number of hydrogen-bond donors (Lipinski definition) is 0. The molecule has 0 unspecified atom stereocenters. The quantitative estimate of drug-likeness (QED) is 0.802. The minimum absolute atomic E-state index is 0.147. The lowest BCUT2D eigenvalue weighted by atomic mass is 10.2. The number of nitrogens with zero attached hydrogens (tertiary/aromatic N) is 1. The van der Waals surface area contributed by atoms with Crippen LogP contribution >= 0.6 is 34.8 Å². The Morgan fingerprint density at radius 2 is 1.94 bits per heavy atom. The molecule has 0 aliphatic carbocycles. The third-order valence-corrected chi connectivity index (χ3v) is 5.08. The van der Waals surface area contributed by atoms with Crippen molar-refractivity contribution in [3.8, 4) is 0 Å². The third-order valence-electron chi connectivity index (χ3n) is 2.04. The fourth-order valence-corrected chi connectivity index (χ4v) is 2.47. The topological polar surface area (TPSA) is 37.4 Å². The first-order valence-electron chi connectivity index (χ1n) is 4.31. The molecule has 0 fully saturated rings. The second kappa shape index (κ2) is 5.56. The summed E-state index contributed by atoms with van der Waals surface area (Å²) in [5.41, 5.74) is 0.644. The summed E-state index contributed by atoms with van der Waals surface area (Å²) in [6.45, 7) is 0.147. The van der Waals surface area contributed by atoms with Gasteiger partial charge in [0.05, 0.1) is 10.0 Å². The van der Waals surface area contributed by atoms with E-state index in [0.29, 0.717) is 15.6 Å². The molecule has 0 N–H and O–H groups in total. The van der Waals surface area contributed by atoms with E-state index in [-0.39, 0.29) is 6.54 Å². The first kappa shape index (κ1) is 14.1. The molecule has 0 heterocycles. The van der Waals surface area contributed by atoms with Gasteiger partial charge in [-0.25, -0.2) is 8.42 Å². The lowest BCUT2D eigenvalue weighted by Crippen LogP contribution is -2.27. The Morgan fingerprint density at radius 3 is 2.50 bits per heavy atom. The molecule has 0 aromatic heterocycles. The van der Waals surface area contributed by atoms with Crippen LogP contribution in [0, 0.1) is 0 Å². The minimum atomic E-state index is -3.43. The molecule has 0 saturated carbocycles. The molecule has 7 heteroatoms. The van der Waals surface area contributed by atoms with Crippen LogP contribution in [-0.4, -0.2) is 25.0 Å². The predicted octanol–water partition coefficient (Wildman–Crippen LogP) is 2.95. The van der Waals surface area contributed by atoms with Crippen LogP contribution in [0.25, 0.3) is 0 Å². The van der Waals surface area contributed by atoms with Crippen LogP contribution in [0.5, 0.6) is 0 Å². The predicted molar refractivity (Wildman–Crippen MR) is 67.6 cm³/mol. The Morgan fingerprint density at radius 1 is 1.31 bits per heavy atom. The molecule has 90 valence electrons. The molecule has 16 heavy (non-hydrogen) atoms. The average molecular weight is 303 g/mol. The van der Waals surface area contributed by atoms with Gasteiger partial charge in [0.1, 0.15) is 5.21 Å². The molecule has 1 aromatic carbocycles. The number of sulfonamides is 1. The van der Waals surface area contributed by atoms with Crippen molar-refractivity contribution in [1.82, 2.24) is 4.31 Å². The first-order chi connectivity index (χ1) is 7.38. The Kier molecular flexibility index (Phi) is 4.88. The number of alkyl halides is 1. The molecule has 0 aliphatic rings. The highest BCUT2D eigenvalue weighted by Crippen LogP contribution is 2.26. The highest BCUT2D eigenvalue weighted by Gasteiger charge is 2.17. The summed E-state index contributed by atoms with van der Waals surface area (Å²) in [5.74, 6) is 0. The van der Waals surface area contributed by atoms with Gasteiger partial charge in [-0.05, 0) is 11.6 Å². The summed E-state index contributed by atoms with van der Waals surface area (Å²) < 4.78 is 24.0. The molecule has 0 amide bonds. The summed E-state index contributed by atoms with van der Waals surface area (Å²) >= 11 is 17.1. The van der Waals surface area contributed by atoms with Crippen molar-refractivity contribution in [2.24, 2.45) is 0 Å². The van der Waals surface area contributed by atoms with Crippen molar-refractivity contribution in [3.05, 3.63) is 33.8 Å². The second-order valence-corrected chi connectivity index (χ2v) is 6.64. The van der Waals surface area contributed by atoms with Gasteiger partial charge in [0.2, 0.25) is 10.0 Å². The van der Waals surface area contributed by atoms with Gasteiger partial charge in [-0.15, -0.1) is 11.6 Å². The van der Waals surface area contributed by atoms with Crippen molar-refractivity contribution in [2.45, 2.75) is 6.54 Å². The van der Waals surface area contributed by atoms with Gasteiger partial charge in [0.15, 0.2) is 0 Å². The van der Waals surface area contributed by atoms with Crippen molar-refractivity contribution in [1.29, 1.82) is 0 Å². The molecule has 3 nitrogen and oxygen atoms in total. The summed E-state index contributed by atoms with van der Waals surface area (Å²) in [6, 6.07) is 5.07. The molecule has 0 atom stereocenters. The zero-order chi connectivity index (χ0) is 12.3. The normalized spacial score (nSPS) is 12.1. The van der Waals surface area contributed by atoms with Gasteiger partial charge in [0.25, 0.3) is 0 Å². The fraction of sp³-hybridized carbons (Fsp3) is 0.333. The lowest BCUT2D eigenvalue weighted by Gasteiger charge is -2.16. The van der Waals surface area contributed by atoms with E-state index >= 15 is 0 Å². The number of halogens is 3. The maximum atomic E-state index is 11.4. The Labute approximate surface area is 110 Å². The van der Waals surface area contributed by atoms with Crippen molar-refractivity contribution in [2.75, 3.05) is 12.3 Å². The van der Waals surface area contributed by atoms with Crippen molar-refractivity contribution < 1.29 is 8.42 Å². The number of rotatable bonds is 4. The second-order valence-electron chi connectivity index (χ2n) is 3.19. The monoisotopic (exact) mass is 301 g/mol. The van der Waals surface area contributed by atoms with Gasteiger partial charge in [-0.3, -0.25) is 0 Å². The summed E-state index contributed by atoms with van der Waals surface area (Å²) in [7, 11) is -1.99. The van der Waals surface area contributed by atoms with Gasteiger partial charge in [-0.1, -0.05) is 35.3 Å². The molecular formula is C9H10Cl3NO2S. The Bertz CT molecular complexity index is 476. The third kappa shape index (κ3) is 3.25. The molecule has 0 bridgehead atoms. The van der Waals surface area contributed by atoms with Crippen molar-refractivity contribution in [3.63, 3.8) is 0 Å². The Hall–Kier alpha value is -0.000000000000000111. The van der Waals surface area contributed by atoms with Crippen LogP contribution in [0.3, 0.4) is 0 Å². The highest BCUT2D eigenvalue weighted by molar-refractivity contribution is 7.90. The highest BCUT2D eigenvalue weighted by atomic mass is 35.5. The first-order valence-corrected chi connectivity index (χ1v) is 7.21. The zero-order valence-electron chi connectivity index (χ0n) is 8.45. The Balaban J connectivity index is 2.94. The fourth-order valence-electron chi connectivity index (χ4n) is 1.09. The van der Waals surface area contributed by atoms with Gasteiger partial charge in [0, 0.05) is 13.6 Å². The van der Waals surface area contributed by atoms with E-state index in [2.05, 4.69) is 0 Å². The maximum Gasteiger partial charge on any atom is 0.228 e. The molecule has 0 saturated heterocycles. The van der Waals surface area contributed by atoms with E-state index in [9.17, 15) is 8.42 Å². The molecule has 1 rings (SSSR count). The van der Waals surface area contributed by atoms with E-state index in [1.807, 2.05) is 0 Å². The maximum absolute atomic E-state index is 11.4. The molecular weight excluding hydrogens is 293 g/mol. The standard InChI is InChI=1S/C9H10Cl3NO2S/c1-13(16(14,15)6-10)5-7-3-2-4-8(11)9(7)12/h2-4H,5-6H2,1H3. The SMILES string of the molecule is CN(Cc1cccc(Cl)c1Cl)S(=O)(=O)CCl. The smallest absolute Gasteiger partial charge is 0.211 e. The van der Waals surface area contributed by atoms with Crippen molar-refractivity contribution >= 4 is 44.8 Å². The summed E-state index contributed by atoms with van der Waals surface area (Å²) in [6.07, 6.45) is 0. The van der Waals surface area contributed by atoms with Gasteiger partial charge >= 0.3 is 0 Å². The van der Waals surface area contributed by atoms with Crippen LogP contribution in [0.2, 0.25) is 10.0 Å². The molecule has 0 spiro atoms. The number of benzene rings is 1. The van der Waals surface area contributed by atoms with E-state index in [0.717, 1.165) is 4.31 Å². The van der Waals surface area contributed by atoms with Crippen LogP contribution in [0.1, 0.15) is 5.56 Å². The van der Waals surface area contributed by atoms with E-state index in [1.54, 1.807) is 18.2 Å². The number of hydrogen-bond acceptors (Lipinski definition) is 2. The van der Waals surface area contributed by atoms with E-state index in [4.69, 9.17) is 34.8 Å². The average Bonchev–Trinajstić information content (AvgIpc) is 2.24. The largest absolute Gasteiger partial charge is 0.228 e. The molecule has 0 aliphatic heterocycles. The summed E-state index contributed by atoms with van der Waals surface area (Å²) in [5, 5.41) is 0.304. The minimum Gasteiger partial charge on any atom is -0.211 e. The lowest BCUT2D eigenvalue weighted by molar-refractivity contribution is 0.471. The summed E-state index contributed by atoms with van der Waals surface area (Å²) in [4.78, 5) is 0. The molecule has 0 radical (unpaired) electrons. The van der Waals surface area contributed by atoms with Crippen LogP contribution in [-0.2, 0) is 16.6 Å². The van der Waals surface area contributed by atoms with E-state index < -0.39 is 15.2 Å². The van der Waals surface area contributed by atoms with Crippen LogP contribution < -0.4 is 0 Å².